The van der Waals surface area contributed by atoms with Crippen molar-refractivity contribution in [1.29, 1.82) is 0 Å². The Balaban J connectivity index is 1.32. The molecular weight excluding hydrogens is 394 g/mol. The third-order valence-electron chi connectivity index (χ3n) is 5.84. The summed E-state index contributed by atoms with van der Waals surface area (Å²) in [4.78, 5) is 16.4. The molecule has 0 unspecified atom stereocenters. The maximum Gasteiger partial charge on any atom is 0.246 e. The molecule has 0 aliphatic carbocycles. The lowest BCUT2D eigenvalue weighted by atomic mass is 10.0. The van der Waals surface area contributed by atoms with Crippen molar-refractivity contribution in [2.45, 2.75) is 38.8 Å². The number of tetrazole rings is 1. The second-order valence-electron chi connectivity index (χ2n) is 7.96. The number of aromatic nitrogens is 4. The Hall–Kier alpha value is -3.42. The smallest absolute Gasteiger partial charge is 0.246 e. The fourth-order valence-electron chi connectivity index (χ4n) is 4.25. The van der Waals surface area contributed by atoms with Crippen LogP contribution in [0.3, 0.4) is 0 Å². The summed E-state index contributed by atoms with van der Waals surface area (Å²) < 4.78 is 11.6. The Morgan fingerprint density at radius 3 is 2.81 bits per heavy atom. The number of nitrogens with zero attached hydrogens (tertiary/aromatic N) is 5. The van der Waals surface area contributed by atoms with Crippen molar-refractivity contribution in [2.24, 2.45) is 0 Å². The van der Waals surface area contributed by atoms with Gasteiger partial charge >= 0.3 is 0 Å². The van der Waals surface area contributed by atoms with Gasteiger partial charge in [0.15, 0.2) is 11.5 Å². The van der Waals surface area contributed by atoms with Crippen LogP contribution in [0.2, 0.25) is 0 Å². The van der Waals surface area contributed by atoms with E-state index in [1.807, 2.05) is 54.3 Å². The van der Waals surface area contributed by atoms with Crippen LogP contribution in [0.25, 0.3) is 11.4 Å². The molecule has 8 heteroatoms. The maximum absolute atomic E-state index is 13.1. The van der Waals surface area contributed by atoms with Crippen molar-refractivity contribution < 1.29 is 14.3 Å². The van der Waals surface area contributed by atoms with E-state index >= 15 is 0 Å². The summed E-state index contributed by atoms with van der Waals surface area (Å²) >= 11 is 0. The number of hydrogen-bond acceptors (Lipinski definition) is 6. The molecule has 2 aliphatic heterocycles. The van der Waals surface area contributed by atoms with Gasteiger partial charge in [-0.2, -0.15) is 4.80 Å². The van der Waals surface area contributed by atoms with Crippen LogP contribution in [0.5, 0.6) is 11.5 Å². The van der Waals surface area contributed by atoms with Crippen LogP contribution in [0.15, 0.2) is 42.5 Å². The summed E-state index contributed by atoms with van der Waals surface area (Å²) in [6.45, 7) is 4.10. The van der Waals surface area contributed by atoms with Crippen LogP contribution in [0.4, 0.5) is 0 Å². The molecule has 2 aliphatic rings. The van der Waals surface area contributed by atoms with Crippen molar-refractivity contribution in [2.75, 3.05) is 19.8 Å². The Labute approximate surface area is 180 Å². The molecule has 0 saturated carbocycles. The maximum atomic E-state index is 13.1. The fraction of sp³-hybridized carbons (Fsp3) is 0.391. The third kappa shape index (κ3) is 3.97. The minimum Gasteiger partial charge on any atom is -0.490 e. The summed E-state index contributed by atoms with van der Waals surface area (Å²) in [5.41, 5.74) is 3.07. The molecule has 0 bridgehead atoms. The summed E-state index contributed by atoms with van der Waals surface area (Å²) in [5, 5.41) is 12.7. The van der Waals surface area contributed by atoms with Crippen LogP contribution >= 0.6 is 0 Å². The van der Waals surface area contributed by atoms with Gasteiger partial charge in [0.2, 0.25) is 11.7 Å². The number of fused-ring (bicyclic) bond motifs is 1. The van der Waals surface area contributed by atoms with Gasteiger partial charge in [0, 0.05) is 18.5 Å². The first kappa shape index (κ1) is 19.5. The normalized spacial score (nSPS) is 18.1. The van der Waals surface area contributed by atoms with Crippen molar-refractivity contribution >= 4 is 5.91 Å². The number of carbonyl (C=O) groups excluding carboxylic acids is 1. The molecule has 0 N–H and O–H groups in total. The highest BCUT2D eigenvalue weighted by molar-refractivity contribution is 5.76. The van der Waals surface area contributed by atoms with Crippen molar-refractivity contribution in [3.8, 4) is 22.9 Å². The van der Waals surface area contributed by atoms with Gasteiger partial charge < -0.3 is 14.4 Å². The number of likely N-dealkylation sites (tertiary alicyclic amines) is 1. The average molecular weight is 419 g/mol. The Morgan fingerprint density at radius 1 is 1.10 bits per heavy atom. The molecule has 160 valence electrons. The molecule has 0 radical (unpaired) electrons. The highest BCUT2D eigenvalue weighted by Gasteiger charge is 2.31. The third-order valence-corrected chi connectivity index (χ3v) is 5.84. The molecule has 8 nitrogen and oxygen atoms in total. The first-order valence-corrected chi connectivity index (χ1v) is 10.7. The van der Waals surface area contributed by atoms with E-state index in [0.717, 1.165) is 54.0 Å². The van der Waals surface area contributed by atoms with Crippen LogP contribution < -0.4 is 9.47 Å². The number of carbonyl (C=O) groups is 1. The SMILES string of the molecule is Cc1ccccc1-c1nnn(CC(=O)N2CCC[C@@H]2c2ccc3c(c2)OCCCO3)n1. The molecule has 1 amide bonds. The number of rotatable bonds is 4. The van der Waals surface area contributed by atoms with E-state index in [-0.39, 0.29) is 18.5 Å². The summed E-state index contributed by atoms with van der Waals surface area (Å²) in [7, 11) is 0. The van der Waals surface area contributed by atoms with E-state index in [9.17, 15) is 4.79 Å². The molecule has 31 heavy (non-hydrogen) atoms. The van der Waals surface area contributed by atoms with Crippen molar-refractivity contribution in [3.63, 3.8) is 0 Å². The Kier molecular flexibility index (Phi) is 5.28. The van der Waals surface area contributed by atoms with Gasteiger partial charge in [-0.05, 0) is 48.2 Å². The van der Waals surface area contributed by atoms with E-state index < -0.39 is 0 Å². The molecule has 1 aromatic heterocycles. The van der Waals surface area contributed by atoms with Crippen molar-refractivity contribution in [3.05, 3.63) is 53.6 Å². The zero-order chi connectivity index (χ0) is 21.2. The summed E-state index contributed by atoms with van der Waals surface area (Å²) in [5.74, 6) is 2.05. The van der Waals surface area contributed by atoms with Gasteiger partial charge in [-0.3, -0.25) is 4.79 Å². The number of ether oxygens (including phenoxy) is 2. The Bertz CT molecular complexity index is 1100. The van der Waals surface area contributed by atoms with Gasteiger partial charge in [0.05, 0.1) is 19.3 Å². The zero-order valence-electron chi connectivity index (χ0n) is 17.5. The molecule has 1 saturated heterocycles. The molecular formula is C23H25N5O3. The number of amides is 1. The first-order chi connectivity index (χ1) is 15.2. The highest BCUT2D eigenvalue weighted by Crippen LogP contribution is 2.38. The van der Waals surface area contributed by atoms with Crippen LogP contribution in [-0.2, 0) is 11.3 Å². The van der Waals surface area contributed by atoms with Crippen molar-refractivity contribution in [1.82, 2.24) is 25.1 Å². The monoisotopic (exact) mass is 419 g/mol. The average Bonchev–Trinajstić information content (AvgIpc) is 3.39. The predicted octanol–water partition coefficient (Wildman–Crippen LogP) is 3.17. The lowest BCUT2D eigenvalue weighted by Crippen LogP contribution is -2.34. The standard InChI is InChI=1S/C23H25N5O3/c1-16-6-2-3-7-18(16)23-24-26-28(25-23)15-22(29)27-11-4-8-19(27)17-9-10-20-21(14-17)31-13-5-12-30-20/h2-3,6-7,9-10,14,19H,4-5,8,11-13,15H2,1H3/t19-/m1/s1. The molecule has 5 rings (SSSR count). The Morgan fingerprint density at radius 2 is 1.94 bits per heavy atom. The molecule has 3 aromatic rings. The predicted molar refractivity (Wildman–Crippen MR) is 114 cm³/mol. The largest absolute Gasteiger partial charge is 0.490 e. The van der Waals surface area contributed by atoms with E-state index in [0.29, 0.717) is 19.0 Å². The first-order valence-electron chi connectivity index (χ1n) is 10.7. The molecule has 0 spiro atoms. The van der Waals surface area contributed by atoms with Gasteiger partial charge in [-0.1, -0.05) is 30.3 Å². The second kappa shape index (κ2) is 8.37. The minimum absolute atomic E-state index is 0.0108. The van der Waals surface area contributed by atoms with Gasteiger partial charge in [-0.15, -0.1) is 10.2 Å². The van der Waals surface area contributed by atoms with Gasteiger partial charge in [-0.25, -0.2) is 0 Å². The van der Waals surface area contributed by atoms with Crippen LogP contribution in [0.1, 0.15) is 36.4 Å². The lowest BCUT2D eigenvalue weighted by molar-refractivity contribution is -0.133. The van der Waals surface area contributed by atoms with E-state index in [2.05, 4.69) is 15.4 Å². The van der Waals surface area contributed by atoms with E-state index in [4.69, 9.17) is 9.47 Å². The van der Waals surface area contributed by atoms with Gasteiger partial charge in [0.25, 0.3) is 0 Å². The van der Waals surface area contributed by atoms with Crippen LogP contribution in [-0.4, -0.2) is 50.8 Å². The molecule has 1 atom stereocenters. The second-order valence-corrected chi connectivity index (χ2v) is 7.96. The highest BCUT2D eigenvalue weighted by atomic mass is 16.5. The van der Waals surface area contributed by atoms with E-state index in [1.165, 1.54) is 4.80 Å². The number of hydrogen-bond donors (Lipinski definition) is 0. The lowest BCUT2D eigenvalue weighted by Gasteiger charge is -2.25. The quantitative estimate of drug-likeness (QED) is 0.646. The molecule has 3 heterocycles. The molecule has 1 fully saturated rings. The van der Waals surface area contributed by atoms with Gasteiger partial charge in [0.1, 0.15) is 6.54 Å². The van der Waals surface area contributed by atoms with E-state index in [1.54, 1.807) is 0 Å². The summed E-state index contributed by atoms with van der Waals surface area (Å²) in [6, 6.07) is 13.9. The molecule has 2 aromatic carbocycles. The zero-order valence-corrected chi connectivity index (χ0v) is 17.5. The topological polar surface area (TPSA) is 82.4 Å². The fourth-order valence-corrected chi connectivity index (χ4v) is 4.25. The number of benzene rings is 2. The number of aryl methyl sites for hydroxylation is 1. The minimum atomic E-state index is -0.0108. The van der Waals surface area contributed by atoms with Crippen LogP contribution in [0, 0.1) is 6.92 Å². The summed E-state index contributed by atoms with van der Waals surface area (Å²) in [6.07, 6.45) is 2.75.